The first-order valence-corrected chi connectivity index (χ1v) is 11.0. The van der Waals surface area contributed by atoms with Gasteiger partial charge in [0.05, 0.1) is 24.4 Å². The quantitative estimate of drug-likeness (QED) is 0.503. The molecule has 4 rings (SSSR count). The lowest BCUT2D eigenvalue weighted by Gasteiger charge is -2.25. The van der Waals surface area contributed by atoms with Crippen molar-refractivity contribution in [2.45, 2.75) is 12.5 Å². The van der Waals surface area contributed by atoms with E-state index in [1.165, 1.54) is 35.2 Å². The van der Waals surface area contributed by atoms with Crippen LogP contribution in [0.4, 0.5) is 4.39 Å². The predicted octanol–water partition coefficient (Wildman–Crippen LogP) is 4.94. The van der Waals surface area contributed by atoms with Crippen LogP contribution < -0.4 is 4.74 Å². The lowest BCUT2D eigenvalue weighted by molar-refractivity contribution is -0.133. The molecule has 0 aromatic heterocycles. The first-order valence-electron chi connectivity index (χ1n) is 10.7. The van der Waals surface area contributed by atoms with Crippen LogP contribution in [0.2, 0.25) is 5.02 Å². The number of hydrazone groups is 1. The number of methoxy groups -OCH3 is 1. The molecule has 0 radical (unpaired) electrons. The van der Waals surface area contributed by atoms with Gasteiger partial charge in [0, 0.05) is 24.1 Å². The number of carbonyl (C=O) groups is 2. The molecule has 0 saturated heterocycles. The van der Waals surface area contributed by atoms with E-state index in [-0.39, 0.29) is 12.1 Å². The van der Waals surface area contributed by atoms with Gasteiger partial charge in [-0.3, -0.25) is 9.59 Å². The molecule has 0 N–H and O–H groups in total. The van der Waals surface area contributed by atoms with Gasteiger partial charge in [-0.1, -0.05) is 54.1 Å². The fourth-order valence-corrected chi connectivity index (χ4v) is 4.15. The maximum atomic E-state index is 14.1. The maximum absolute atomic E-state index is 14.1. The SMILES string of the molecule is COc1cccc(C2=NN(C(=O)CN(C)C(=O)c3ccccc3F)C(c3ccccc3Cl)C2)c1. The predicted molar refractivity (Wildman–Crippen MR) is 129 cm³/mol. The van der Waals surface area contributed by atoms with Crippen molar-refractivity contribution in [3.8, 4) is 5.75 Å². The summed E-state index contributed by atoms with van der Waals surface area (Å²) < 4.78 is 19.4. The Bertz CT molecular complexity index is 1260. The first kappa shape index (κ1) is 23.4. The largest absolute Gasteiger partial charge is 0.497 e. The molecule has 34 heavy (non-hydrogen) atoms. The molecule has 1 heterocycles. The van der Waals surface area contributed by atoms with Crippen LogP contribution in [0.15, 0.2) is 77.9 Å². The van der Waals surface area contributed by atoms with Gasteiger partial charge < -0.3 is 9.64 Å². The van der Waals surface area contributed by atoms with E-state index in [0.29, 0.717) is 22.9 Å². The molecule has 0 saturated carbocycles. The highest BCUT2D eigenvalue weighted by Gasteiger charge is 2.35. The number of halogens is 2. The van der Waals surface area contributed by atoms with Gasteiger partial charge in [-0.05, 0) is 35.9 Å². The molecule has 0 fully saturated rings. The molecule has 0 spiro atoms. The summed E-state index contributed by atoms with van der Waals surface area (Å²) in [5.41, 5.74) is 2.17. The van der Waals surface area contributed by atoms with E-state index in [2.05, 4.69) is 5.10 Å². The zero-order valence-corrected chi connectivity index (χ0v) is 19.5. The zero-order chi connectivity index (χ0) is 24.2. The minimum atomic E-state index is -0.639. The Morgan fingerprint density at radius 1 is 1.12 bits per heavy atom. The van der Waals surface area contributed by atoms with Crippen LogP contribution in [-0.2, 0) is 4.79 Å². The molecule has 0 bridgehead atoms. The van der Waals surface area contributed by atoms with Crippen LogP contribution >= 0.6 is 11.6 Å². The second-order valence-corrected chi connectivity index (χ2v) is 8.31. The molecule has 1 unspecified atom stereocenters. The number of likely N-dealkylation sites (N-methyl/N-ethyl adjacent to an activating group) is 1. The molecule has 1 aliphatic heterocycles. The van der Waals surface area contributed by atoms with Crippen molar-refractivity contribution >= 4 is 29.1 Å². The number of rotatable bonds is 6. The summed E-state index contributed by atoms with van der Waals surface area (Å²) in [6, 6.07) is 19.9. The Morgan fingerprint density at radius 3 is 2.59 bits per heavy atom. The lowest BCUT2D eigenvalue weighted by Crippen LogP contribution is -2.39. The summed E-state index contributed by atoms with van der Waals surface area (Å²) >= 11 is 6.45. The molecular formula is C26H23ClFN3O3. The van der Waals surface area contributed by atoms with Crippen LogP contribution in [0.3, 0.4) is 0 Å². The number of hydrogen-bond acceptors (Lipinski definition) is 4. The van der Waals surface area contributed by atoms with E-state index in [0.717, 1.165) is 11.1 Å². The standard InChI is InChI=1S/C26H23ClFN3O3/c1-30(26(33)20-11-4-6-13-22(20)28)16-25(32)31-24(19-10-3-5-12-21(19)27)15-23(29-31)17-8-7-9-18(14-17)34-2/h3-14,24H,15-16H2,1-2H3. The second kappa shape index (κ2) is 10.1. The van der Waals surface area contributed by atoms with Crippen molar-refractivity contribution in [2.75, 3.05) is 20.7 Å². The fourth-order valence-electron chi connectivity index (χ4n) is 3.89. The van der Waals surface area contributed by atoms with E-state index >= 15 is 0 Å². The Morgan fingerprint density at radius 2 is 1.85 bits per heavy atom. The van der Waals surface area contributed by atoms with Gasteiger partial charge in [0.2, 0.25) is 0 Å². The van der Waals surface area contributed by atoms with Gasteiger partial charge >= 0.3 is 0 Å². The summed E-state index contributed by atoms with van der Waals surface area (Å²) in [7, 11) is 3.04. The monoisotopic (exact) mass is 479 g/mol. The third-order valence-corrected chi connectivity index (χ3v) is 6.00. The Kier molecular flexibility index (Phi) is 6.93. The van der Waals surface area contributed by atoms with Crippen LogP contribution in [0.5, 0.6) is 5.75 Å². The molecule has 174 valence electrons. The fraction of sp³-hybridized carbons (Fsp3) is 0.192. The number of ether oxygens (including phenoxy) is 1. The molecule has 1 atom stereocenters. The second-order valence-electron chi connectivity index (χ2n) is 7.90. The zero-order valence-electron chi connectivity index (χ0n) is 18.7. The van der Waals surface area contributed by atoms with Crippen LogP contribution in [0, 0.1) is 5.82 Å². The van der Waals surface area contributed by atoms with Crippen molar-refractivity contribution in [3.05, 3.63) is 100 Å². The normalized spacial score (nSPS) is 15.1. The van der Waals surface area contributed by atoms with Gasteiger partial charge in [0.15, 0.2) is 0 Å². The van der Waals surface area contributed by atoms with Crippen molar-refractivity contribution < 1.29 is 18.7 Å². The topological polar surface area (TPSA) is 62.2 Å². The van der Waals surface area contributed by atoms with E-state index in [4.69, 9.17) is 16.3 Å². The lowest BCUT2D eigenvalue weighted by atomic mass is 9.98. The highest BCUT2D eigenvalue weighted by atomic mass is 35.5. The van der Waals surface area contributed by atoms with Crippen LogP contribution in [0.25, 0.3) is 0 Å². The number of carbonyl (C=O) groups excluding carboxylic acids is 2. The summed E-state index contributed by atoms with van der Waals surface area (Å²) in [6.45, 7) is -0.275. The molecular weight excluding hydrogens is 457 g/mol. The van der Waals surface area contributed by atoms with Gasteiger partial charge in [-0.25, -0.2) is 9.40 Å². The summed E-state index contributed by atoms with van der Waals surface area (Å²) in [4.78, 5) is 27.2. The van der Waals surface area contributed by atoms with Gasteiger partial charge in [-0.2, -0.15) is 5.10 Å². The molecule has 2 amide bonds. The average molecular weight is 480 g/mol. The highest BCUT2D eigenvalue weighted by molar-refractivity contribution is 6.31. The van der Waals surface area contributed by atoms with Gasteiger partial charge in [0.25, 0.3) is 11.8 Å². The van der Waals surface area contributed by atoms with Crippen LogP contribution in [-0.4, -0.2) is 48.1 Å². The van der Waals surface area contributed by atoms with E-state index < -0.39 is 23.7 Å². The first-order chi connectivity index (χ1) is 16.4. The van der Waals surface area contributed by atoms with E-state index in [9.17, 15) is 14.0 Å². The minimum Gasteiger partial charge on any atom is -0.497 e. The average Bonchev–Trinajstić information content (AvgIpc) is 3.29. The maximum Gasteiger partial charge on any atom is 0.262 e. The van der Waals surface area contributed by atoms with Crippen molar-refractivity contribution in [3.63, 3.8) is 0 Å². The van der Waals surface area contributed by atoms with Crippen molar-refractivity contribution in [1.29, 1.82) is 0 Å². The summed E-state index contributed by atoms with van der Waals surface area (Å²) in [6.07, 6.45) is 0.438. The van der Waals surface area contributed by atoms with Crippen molar-refractivity contribution in [1.82, 2.24) is 9.91 Å². The Labute approximate surface area is 202 Å². The van der Waals surface area contributed by atoms with Crippen molar-refractivity contribution in [2.24, 2.45) is 5.10 Å². The Balaban J connectivity index is 1.63. The summed E-state index contributed by atoms with van der Waals surface area (Å²) in [5.74, 6) is -0.957. The third kappa shape index (κ3) is 4.79. The number of benzene rings is 3. The number of nitrogens with zero attached hydrogens (tertiary/aromatic N) is 3. The highest BCUT2D eigenvalue weighted by Crippen LogP contribution is 2.36. The van der Waals surface area contributed by atoms with Gasteiger partial charge in [-0.15, -0.1) is 0 Å². The van der Waals surface area contributed by atoms with E-state index in [1.54, 1.807) is 19.2 Å². The van der Waals surface area contributed by atoms with Gasteiger partial charge in [0.1, 0.15) is 18.1 Å². The third-order valence-electron chi connectivity index (χ3n) is 5.66. The molecule has 3 aromatic carbocycles. The summed E-state index contributed by atoms with van der Waals surface area (Å²) in [5, 5.41) is 6.49. The molecule has 0 aliphatic carbocycles. The smallest absolute Gasteiger partial charge is 0.262 e. The number of amides is 2. The van der Waals surface area contributed by atoms with E-state index in [1.807, 2.05) is 42.5 Å². The number of hydrogen-bond donors (Lipinski definition) is 0. The molecule has 3 aromatic rings. The Hall–Kier alpha value is -3.71. The van der Waals surface area contributed by atoms with Crippen LogP contribution in [0.1, 0.15) is 33.9 Å². The molecule has 1 aliphatic rings. The minimum absolute atomic E-state index is 0.0950. The molecule has 6 nitrogen and oxygen atoms in total. The molecule has 8 heteroatoms.